The van der Waals surface area contributed by atoms with Crippen molar-refractivity contribution in [2.45, 2.75) is 104 Å². The van der Waals surface area contributed by atoms with Crippen LogP contribution in [-0.4, -0.2) is 57.7 Å². The van der Waals surface area contributed by atoms with Crippen LogP contribution < -0.4 is 0 Å². The summed E-state index contributed by atoms with van der Waals surface area (Å²) in [6.07, 6.45) is 8.75. The Hall–Kier alpha value is -2.91. The first-order chi connectivity index (χ1) is 20.0. The lowest BCUT2D eigenvalue weighted by Crippen LogP contribution is -2.46. The molecule has 2 saturated heterocycles. The zero-order valence-electron chi connectivity index (χ0n) is 25.5. The quantitative estimate of drug-likeness (QED) is 0.116. The summed E-state index contributed by atoms with van der Waals surface area (Å²) < 4.78 is 6.15. The standard InChI is InChI=1S/C33H46BNO7/c1-5-10-22(17-23-15-20(3)31(38)21(4)16-23)12-13-27-29-24(6-2)18-25-30(26(29)19-34(41)42-27)33(40)35(32(25)39)14-9-7-8-11-28(36)37/h15-17,25-27,30,38,41H,5-14,18-19H2,1-4H3,(H,36,37)/b22-17+/t25-,26+,27-,30-/m1/s1. The molecule has 2 fully saturated rings. The molecule has 0 spiro atoms. The van der Waals surface area contributed by atoms with E-state index in [1.165, 1.54) is 16.0 Å². The van der Waals surface area contributed by atoms with Crippen LogP contribution >= 0.6 is 0 Å². The molecular formula is C33H46BNO7. The van der Waals surface area contributed by atoms with Crippen molar-refractivity contribution in [3.8, 4) is 5.75 Å². The lowest BCUT2D eigenvalue weighted by Gasteiger charge is -2.43. The number of phenolic OH excluding ortho intramolecular Hbond substituents is 1. The Kier molecular flexibility index (Phi) is 10.7. The molecule has 8 nitrogen and oxygen atoms in total. The molecule has 228 valence electrons. The first kappa shape index (κ1) is 32.0. The van der Waals surface area contributed by atoms with E-state index in [0.717, 1.165) is 47.9 Å². The molecule has 4 rings (SSSR count). The van der Waals surface area contributed by atoms with Gasteiger partial charge in [-0.25, -0.2) is 0 Å². The van der Waals surface area contributed by atoms with Gasteiger partial charge in [0.25, 0.3) is 0 Å². The summed E-state index contributed by atoms with van der Waals surface area (Å²) in [7, 11) is -0.991. The molecule has 1 aliphatic carbocycles. The fourth-order valence-electron chi connectivity index (χ4n) is 7.33. The number of allylic oxidation sites excluding steroid dienone is 2. The molecular weight excluding hydrogens is 533 g/mol. The number of carbonyl (C=O) groups is 3. The third-order valence-electron chi connectivity index (χ3n) is 9.28. The van der Waals surface area contributed by atoms with Crippen LogP contribution in [0.3, 0.4) is 0 Å². The average Bonchev–Trinajstić information content (AvgIpc) is 3.18. The van der Waals surface area contributed by atoms with Gasteiger partial charge in [0.1, 0.15) is 5.75 Å². The molecule has 0 bridgehead atoms. The van der Waals surface area contributed by atoms with Crippen molar-refractivity contribution in [3.63, 3.8) is 0 Å². The maximum absolute atomic E-state index is 13.7. The molecule has 0 radical (unpaired) electrons. The normalized spacial score (nSPS) is 24.4. The molecule has 3 aliphatic rings. The number of amides is 2. The van der Waals surface area contributed by atoms with E-state index >= 15 is 0 Å². The van der Waals surface area contributed by atoms with Crippen LogP contribution in [0, 0.1) is 31.6 Å². The fraction of sp³-hybridized carbons (Fsp3) is 0.606. The molecule has 2 aliphatic heterocycles. The number of carboxylic acids is 1. The van der Waals surface area contributed by atoms with Crippen LogP contribution in [0.15, 0.2) is 28.9 Å². The van der Waals surface area contributed by atoms with Gasteiger partial charge in [-0.2, -0.15) is 0 Å². The van der Waals surface area contributed by atoms with Gasteiger partial charge in [-0.15, -0.1) is 0 Å². The largest absolute Gasteiger partial charge is 0.507 e. The third-order valence-corrected chi connectivity index (χ3v) is 9.28. The van der Waals surface area contributed by atoms with Crippen molar-refractivity contribution in [3.05, 3.63) is 45.5 Å². The molecule has 1 aromatic carbocycles. The Morgan fingerprint density at radius 2 is 1.76 bits per heavy atom. The van der Waals surface area contributed by atoms with Gasteiger partial charge >= 0.3 is 13.1 Å². The highest BCUT2D eigenvalue weighted by Crippen LogP contribution is 2.51. The SMILES string of the molecule is CCC/C(=C\c1cc(C)c(O)c(C)c1)CC[C@H]1OB(O)C[C@H]2C1=C(CC)C[C@H]1C(=O)N(CCCCCC(=O)O)C(=O)[C@H]12. The number of imide groups is 1. The zero-order valence-corrected chi connectivity index (χ0v) is 25.5. The Morgan fingerprint density at radius 3 is 2.40 bits per heavy atom. The second-order valence-electron chi connectivity index (χ2n) is 12.3. The fourth-order valence-corrected chi connectivity index (χ4v) is 7.33. The molecule has 0 aromatic heterocycles. The second kappa shape index (κ2) is 14.0. The van der Waals surface area contributed by atoms with Crippen molar-refractivity contribution in [2.24, 2.45) is 17.8 Å². The number of fused-ring (bicyclic) bond motifs is 3. The number of phenols is 1. The number of hydrogen-bond acceptors (Lipinski definition) is 6. The third kappa shape index (κ3) is 7.00. The van der Waals surface area contributed by atoms with Gasteiger partial charge in [0.15, 0.2) is 0 Å². The van der Waals surface area contributed by atoms with Gasteiger partial charge in [0.2, 0.25) is 11.8 Å². The first-order valence-corrected chi connectivity index (χ1v) is 15.7. The highest BCUT2D eigenvalue weighted by Gasteiger charge is 2.56. The van der Waals surface area contributed by atoms with E-state index in [-0.39, 0.29) is 30.3 Å². The molecule has 2 amide bonds. The Labute approximate surface area is 250 Å². The number of aliphatic carboxylic acids is 1. The van der Waals surface area contributed by atoms with Crippen LogP contribution in [-0.2, 0) is 19.0 Å². The molecule has 9 heteroatoms. The second-order valence-corrected chi connectivity index (χ2v) is 12.3. The Morgan fingerprint density at radius 1 is 1.05 bits per heavy atom. The summed E-state index contributed by atoms with van der Waals surface area (Å²) >= 11 is 0. The Balaban J connectivity index is 1.52. The van der Waals surface area contributed by atoms with E-state index in [1.807, 2.05) is 26.0 Å². The Bertz CT molecular complexity index is 1230. The summed E-state index contributed by atoms with van der Waals surface area (Å²) in [6.45, 7) is 8.36. The van der Waals surface area contributed by atoms with Crippen molar-refractivity contribution in [2.75, 3.05) is 6.54 Å². The van der Waals surface area contributed by atoms with Gasteiger partial charge in [0.05, 0.1) is 17.9 Å². The van der Waals surface area contributed by atoms with Crippen LogP contribution in [0.4, 0.5) is 0 Å². The number of nitrogens with zero attached hydrogens (tertiary/aromatic N) is 1. The van der Waals surface area contributed by atoms with Crippen molar-refractivity contribution < 1.29 is 34.3 Å². The number of aromatic hydroxyl groups is 1. The summed E-state index contributed by atoms with van der Waals surface area (Å²) in [5.41, 5.74) is 6.31. The van der Waals surface area contributed by atoms with Gasteiger partial charge < -0.3 is 19.9 Å². The highest BCUT2D eigenvalue weighted by atomic mass is 16.5. The molecule has 0 unspecified atom stereocenters. The summed E-state index contributed by atoms with van der Waals surface area (Å²) in [5, 5.41) is 29.9. The highest BCUT2D eigenvalue weighted by molar-refractivity contribution is 6.43. The molecule has 0 saturated carbocycles. The topological polar surface area (TPSA) is 124 Å². The number of unbranched alkanes of at least 4 members (excludes halogenated alkanes) is 2. The van der Waals surface area contributed by atoms with Crippen LogP contribution in [0.25, 0.3) is 6.08 Å². The van der Waals surface area contributed by atoms with E-state index < -0.39 is 24.9 Å². The van der Waals surface area contributed by atoms with Gasteiger partial charge in [-0.1, -0.05) is 43.9 Å². The maximum Gasteiger partial charge on any atom is 0.455 e. The number of hydrogen-bond donors (Lipinski definition) is 3. The predicted octanol–water partition coefficient (Wildman–Crippen LogP) is 5.82. The lowest BCUT2D eigenvalue weighted by molar-refractivity contribution is -0.141. The number of benzene rings is 1. The monoisotopic (exact) mass is 579 g/mol. The zero-order chi connectivity index (χ0) is 30.6. The lowest BCUT2D eigenvalue weighted by atomic mass is 9.58. The maximum atomic E-state index is 13.7. The van der Waals surface area contributed by atoms with E-state index in [2.05, 4.69) is 19.9 Å². The van der Waals surface area contributed by atoms with Gasteiger partial charge in [-0.05, 0) is 105 Å². The van der Waals surface area contributed by atoms with Crippen molar-refractivity contribution in [1.29, 1.82) is 0 Å². The number of aryl methyl sites for hydroxylation is 2. The number of carbonyl (C=O) groups excluding carboxylic acids is 2. The van der Waals surface area contributed by atoms with Crippen LogP contribution in [0.1, 0.15) is 94.7 Å². The average molecular weight is 580 g/mol. The van der Waals surface area contributed by atoms with Crippen molar-refractivity contribution in [1.82, 2.24) is 4.90 Å². The first-order valence-electron chi connectivity index (χ1n) is 15.7. The molecule has 4 atom stereocenters. The van der Waals surface area contributed by atoms with Gasteiger partial charge in [0, 0.05) is 13.0 Å². The summed E-state index contributed by atoms with van der Waals surface area (Å²) in [5.74, 6) is -1.89. The molecule has 2 heterocycles. The molecule has 3 N–H and O–H groups in total. The van der Waals surface area contributed by atoms with E-state index in [4.69, 9.17) is 9.76 Å². The van der Waals surface area contributed by atoms with E-state index in [0.29, 0.717) is 50.7 Å². The van der Waals surface area contributed by atoms with E-state index in [9.17, 15) is 24.5 Å². The van der Waals surface area contributed by atoms with Gasteiger partial charge in [-0.3, -0.25) is 19.3 Å². The van der Waals surface area contributed by atoms with Crippen LogP contribution in [0.2, 0.25) is 6.32 Å². The van der Waals surface area contributed by atoms with Crippen LogP contribution in [0.5, 0.6) is 5.75 Å². The smallest absolute Gasteiger partial charge is 0.455 e. The van der Waals surface area contributed by atoms with E-state index in [1.54, 1.807) is 0 Å². The number of likely N-dealkylation sites (tertiary alicyclic amines) is 1. The minimum Gasteiger partial charge on any atom is -0.507 e. The number of rotatable bonds is 13. The molecule has 42 heavy (non-hydrogen) atoms. The summed E-state index contributed by atoms with van der Waals surface area (Å²) in [4.78, 5) is 39.3. The number of carboxylic acid groups (broad SMARTS) is 1. The molecule has 1 aromatic rings. The van der Waals surface area contributed by atoms with Crippen molar-refractivity contribution >= 4 is 31.0 Å². The summed E-state index contributed by atoms with van der Waals surface area (Å²) in [6, 6.07) is 3.99. The minimum atomic E-state index is -0.991. The predicted molar refractivity (Wildman–Crippen MR) is 163 cm³/mol. The minimum absolute atomic E-state index is 0.0883.